The van der Waals surface area contributed by atoms with Gasteiger partial charge in [-0.1, -0.05) is 0 Å². The molecule has 92 valence electrons. The Labute approximate surface area is 115 Å². The summed E-state index contributed by atoms with van der Waals surface area (Å²) in [6.07, 6.45) is 2.38. The second kappa shape index (κ2) is 7.15. The summed E-state index contributed by atoms with van der Waals surface area (Å²) >= 11 is 1.61. The molecule has 0 amide bonds. The number of allylic oxidation sites excluding steroid dienone is 1. The Morgan fingerprint density at radius 1 is 1.12 bits per heavy atom. The summed E-state index contributed by atoms with van der Waals surface area (Å²) in [5.41, 5.74) is 6.09. The van der Waals surface area contributed by atoms with E-state index < -0.39 is 0 Å². The summed E-state index contributed by atoms with van der Waals surface area (Å²) in [5.74, 6) is 0.634. The molecule has 0 fully saturated rings. The molecule has 1 aromatic rings. The van der Waals surface area contributed by atoms with Gasteiger partial charge in [0.2, 0.25) is 0 Å². The van der Waals surface area contributed by atoms with Crippen LogP contribution in [0, 0.1) is 0 Å². The van der Waals surface area contributed by atoms with Crippen LogP contribution in [0.1, 0.15) is 47.0 Å². The van der Waals surface area contributed by atoms with E-state index in [1.807, 2.05) is 0 Å². The van der Waals surface area contributed by atoms with Crippen LogP contribution in [0.5, 0.6) is 0 Å². The molecule has 0 spiro atoms. The van der Waals surface area contributed by atoms with Crippen molar-refractivity contribution >= 4 is 6.08 Å². The molecule has 4 heteroatoms. The molecule has 1 aliphatic rings. The van der Waals surface area contributed by atoms with Gasteiger partial charge in [-0.15, -0.1) is 0 Å². The van der Waals surface area contributed by atoms with Gasteiger partial charge in [0.05, 0.1) is 0 Å². The van der Waals surface area contributed by atoms with Crippen LogP contribution >= 0.6 is 0 Å². The van der Waals surface area contributed by atoms with Crippen molar-refractivity contribution in [3.05, 3.63) is 40.5 Å². The molecule has 17 heavy (non-hydrogen) atoms. The van der Waals surface area contributed by atoms with E-state index in [0.717, 1.165) is 0 Å². The number of halogens is 3. The Hall–Kier alpha value is -0.367. The fraction of sp³-hybridized carbons (Fsp3) is 0.385. The normalized spacial score (nSPS) is 16.4. The van der Waals surface area contributed by atoms with Crippen molar-refractivity contribution in [2.24, 2.45) is 0 Å². The number of hydrogen-bond donors (Lipinski definition) is 0. The fourth-order valence-electron chi connectivity index (χ4n) is 2.08. The zero-order chi connectivity index (χ0) is 10.3. The van der Waals surface area contributed by atoms with E-state index in [-0.39, 0.29) is 14.1 Å². The smallest absolute Gasteiger partial charge is 1.00 e. The van der Waals surface area contributed by atoms with Gasteiger partial charge in [-0.2, -0.15) is 0 Å². The maximum Gasteiger partial charge on any atom is -1.00 e. The molecular weight excluding hydrogens is 304 g/mol. The second-order valence-electron chi connectivity index (χ2n) is 4.33. The molecule has 0 radical (unpaired) electrons. The first-order chi connectivity index (χ1) is 6.61. The van der Waals surface area contributed by atoms with Gasteiger partial charge >= 0.3 is 102 Å². The number of hydrogen-bond acceptors (Lipinski definition) is 0. The molecule has 0 aliphatic heterocycles. The fourth-order valence-corrected chi connectivity index (χ4v) is 2.90. The third-order valence-electron chi connectivity index (χ3n) is 2.93. The Balaban J connectivity index is 0. The van der Waals surface area contributed by atoms with E-state index in [4.69, 9.17) is 0 Å². The van der Waals surface area contributed by atoms with Crippen molar-refractivity contribution in [3.63, 3.8) is 0 Å². The van der Waals surface area contributed by atoms with Crippen LogP contribution in [0.2, 0.25) is 0 Å². The molecular formula is C13H15F3Zr. The van der Waals surface area contributed by atoms with E-state index in [1.165, 1.54) is 16.7 Å². The number of benzene rings is 1. The van der Waals surface area contributed by atoms with Crippen molar-refractivity contribution in [1.82, 2.24) is 0 Å². The quantitative estimate of drug-likeness (QED) is 0.486. The third-order valence-corrected chi connectivity index (χ3v) is 4.82. The first kappa shape index (κ1) is 19.0. The molecule has 1 aromatic carbocycles. The average Bonchev–Trinajstić information content (AvgIpc) is 2.43. The molecule has 1 atom stereocenters. The Bertz CT molecular complexity index is 400. The molecule has 0 saturated carbocycles. The van der Waals surface area contributed by atoms with Crippen LogP contribution in [0.3, 0.4) is 0 Å². The molecule has 2 rings (SSSR count). The van der Waals surface area contributed by atoms with Gasteiger partial charge in [-0.25, -0.2) is 0 Å². The minimum atomic E-state index is 0. The van der Waals surface area contributed by atoms with Crippen molar-refractivity contribution in [2.75, 3.05) is 0 Å². The van der Waals surface area contributed by atoms with Crippen molar-refractivity contribution in [3.8, 4) is 0 Å². The zero-order valence-corrected chi connectivity index (χ0v) is 12.6. The number of fused-ring (bicyclic) bond motifs is 1. The van der Waals surface area contributed by atoms with Gasteiger partial charge in [0.1, 0.15) is 0 Å². The van der Waals surface area contributed by atoms with Crippen LogP contribution in [-0.4, -0.2) is 0 Å². The van der Waals surface area contributed by atoms with Crippen LogP contribution in [-0.2, 0) is 24.7 Å². The van der Waals surface area contributed by atoms with E-state index in [0.29, 0.717) is 9.54 Å². The van der Waals surface area contributed by atoms with Crippen LogP contribution in [0.4, 0.5) is 0 Å². The summed E-state index contributed by atoms with van der Waals surface area (Å²) < 4.78 is 0.705. The minimum Gasteiger partial charge on any atom is -1.00 e. The van der Waals surface area contributed by atoms with Gasteiger partial charge in [-0.3, -0.25) is 0 Å². The molecule has 0 nitrogen and oxygen atoms in total. The van der Waals surface area contributed by atoms with Crippen LogP contribution in [0.25, 0.3) is 6.08 Å². The van der Waals surface area contributed by atoms with Gasteiger partial charge in [0.25, 0.3) is 0 Å². The molecule has 0 N–H and O–H groups in total. The van der Waals surface area contributed by atoms with Gasteiger partial charge in [-0.05, 0) is 0 Å². The van der Waals surface area contributed by atoms with Gasteiger partial charge < -0.3 is 14.1 Å². The predicted molar refractivity (Wildman–Crippen MR) is 56.9 cm³/mol. The predicted octanol–water partition coefficient (Wildman–Crippen LogP) is -5.17. The Morgan fingerprint density at radius 3 is 2.24 bits per heavy atom. The van der Waals surface area contributed by atoms with Crippen LogP contribution in [0.15, 0.2) is 23.8 Å². The standard InChI is InChI=1S/C13H15.3FH.Zr/c1-9(2)12-6-4-5-11-7-10(3)8-13(11)12;;;;/h4-9H,1-3H3;3*1H;/q;;;;+3/p-3. The Kier molecular flexibility index (Phi) is 7.99. The van der Waals surface area contributed by atoms with Crippen molar-refractivity contribution < 1.29 is 38.8 Å². The Morgan fingerprint density at radius 2 is 1.71 bits per heavy atom. The minimum absolute atomic E-state index is 0. The summed E-state index contributed by atoms with van der Waals surface area (Å²) in [7, 11) is 0. The number of rotatable bonds is 1. The largest absolute Gasteiger partial charge is 1.00 e. The van der Waals surface area contributed by atoms with Crippen molar-refractivity contribution in [2.45, 2.75) is 30.3 Å². The molecule has 0 heterocycles. The zero-order valence-electron chi connectivity index (χ0n) is 10.1. The summed E-state index contributed by atoms with van der Waals surface area (Å²) in [6, 6.07) is 6.76. The maximum absolute atomic E-state index is 2.38. The van der Waals surface area contributed by atoms with E-state index in [2.05, 4.69) is 45.0 Å². The van der Waals surface area contributed by atoms with Crippen molar-refractivity contribution in [1.29, 1.82) is 0 Å². The molecule has 1 aliphatic carbocycles. The van der Waals surface area contributed by atoms with E-state index in [9.17, 15) is 0 Å². The summed E-state index contributed by atoms with van der Waals surface area (Å²) in [6.45, 7) is 6.80. The molecule has 0 saturated heterocycles. The SMILES string of the molecule is CC1=Cc2c(C(C)C)cccc2[CH]1[Zr+3].[F-].[F-].[F-]. The average molecular weight is 319 g/mol. The van der Waals surface area contributed by atoms with Gasteiger partial charge in [0, 0.05) is 0 Å². The maximum atomic E-state index is 2.38. The summed E-state index contributed by atoms with van der Waals surface area (Å²) in [5, 5.41) is 0. The van der Waals surface area contributed by atoms with E-state index >= 15 is 0 Å². The topological polar surface area (TPSA) is 0 Å². The first-order valence-corrected chi connectivity index (χ1v) is 6.55. The third kappa shape index (κ3) is 3.31. The van der Waals surface area contributed by atoms with Gasteiger partial charge in [0.15, 0.2) is 0 Å². The molecule has 1 unspecified atom stereocenters. The second-order valence-corrected chi connectivity index (χ2v) is 5.75. The monoisotopic (exact) mass is 318 g/mol. The first-order valence-electron chi connectivity index (χ1n) is 5.13. The van der Waals surface area contributed by atoms with E-state index in [1.54, 1.807) is 30.3 Å². The van der Waals surface area contributed by atoms with Crippen LogP contribution < -0.4 is 14.1 Å². The molecule has 0 bridgehead atoms. The molecule has 0 aromatic heterocycles. The summed E-state index contributed by atoms with van der Waals surface area (Å²) in [4.78, 5) is 0.